The van der Waals surface area contributed by atoms with E-state index < -0.39 is 22.9 Å². The summed E-state index contributed by atoms with van der Waals surface area (Å²) in [7, 11) is 1.64. The molecule has 164 valence electrons. The van der Waals surface area contributed by atoms with Crippen LogP contribution >= 0.6 is 11.6 Å². The van der Waals surface area contributed by atoms with Gasteiger partial charge in [-0.15, -0.1) is 0 Å². The van der Waals surface area contributed by atoms with Crippen molar-refractivity contribution >= 4 is 22.4 Å². The second kappa shape index (κ2) is 9.57. The first kappa shape index (κ1) is 22.1. The zero-order valence-corrected chi connectivity index (χ0v) is 17.7. The number of methoxy groups -OCH3 is 1. The van der Waals surface area contributed by atoms with Gasteiger partial charge in [0.15, 0.2) is 6.29 Å². The summed E-state index contributed by atoms with van der Waals surface area (Å²) in [5, 5.41) is 0.674. The van der Waals surface area contributed by atoms with E-state index in [4.69, 9.17) is 25.8 Å². The summed E-state index contributed by atoms with van der Waals surface area (Å²) in [5.41, 5.74) is 1.72. The molecule has 0 unspecified atom stereocenters. The Kier molecular flexibility index (Phi) is 6.82. The standard InChI is InChI=1S/C24H22ClF3O3/c1-29-11-15-12-30-24(31-13-15)18-6-7-19-17(10-18)5-4-16(23(19)28)3-2-14-8-20(26)22(25)21(27)9-14/h4-10,15,24H,2-3,11-13H2,1H3. The molecule has 0 atom stereocenters. The molecule has 3 aromatic carbocycles. The van der Waals surface area contributed by atoms with Gasteiger partial charge in [-0.05, 0) is 47.6 Å². The van der Waals surface area contributed by atoms with E-state index in [1.165, 1.54) is 12.1 Å². The van der Waals surface area contributed by atoms with Gasteiger partial charge < -0.3 is 14.2 Å². The van der Waals surface area contributed by atoms with E-state index in [1.807, 2.05) is 12.1 Å². The van der Waals surface area contributed by atoms with Gasteiger partial charge in [0.25, 0.3) is 0 Å². The molecule has 3 aromatic rings. The van der Waals surface area contributed by atoms with E-state index in [9.17, 15) is 8.78 Å². The first-order valence-corrected chi connectivity index (χ1v) is 10.4. The molecule has 0 radical (unpaired) electrons. The van der Waals surface area contributed by atoms with Crippen LogP contribution in [0.5, 0.6) is 0 Å². The predicted octanol–water partition coefficient (Wildman–Crippen LogP) is 6.00. The minimum absolute atomic E-state index is 0.198. The van der Waals surface area contributed by atoms with Gasteiger partial charge in [-0.2, -0.15) is 0 Å². The average Bonchev–Trinajstić information content (AvgIpc) is 2.77. The molecule has 1 heterocycles. The molecule has 7 heteroatoms. The molecule has 0 bridgehead atoms. The molecule has 0 aromatic heterocycles. The van der Waals surface area contributed by atoms with E-state index >= 15 is 4.39 Å². The van der Waals surface area contributed by atoms with Crippen LogP contribution in [0.15, 0.2) is 42.5 Å². The molecule has 1 aliphatic heterocycles. The van der Waals surface area contributed by atoms with Crippen LogP contribution < -0.4 is 0 Å². The van der Waals surface area contributed by atoms with Crippen LogP contribution in [0.3, 0.4) is 0 Å². The lowest BCUT2D eigenvalue weighted by Crippen LogP contribution is -2.29. The van der Waals surface area contributed by atoms with Gasteiger partial charge in [0.05, 0.1) is 19.8 Å². The number of benzene rings is 3. The summed E-state index contributed by atoms with van der Waals surface area (Å²) in [4.78, 5) is 0. The Balaban J connectivity index is 1.49. The number of hydrogen-bond donors (Lipinski definition) is 0. The van der Waals surface area contributed by atoms with Gasteiger partial charge >= 0.3 is 0 Å². The fourth-order valence-electron chi connectivity index (χ4n) is 3.79. The maximum atomic E-state index is 15.1. The number of halogens is 4. The van der Waals surface area contributed by atoms with Crippen molar-refractivity contribution in [1.82, 2.24) is 0 Å². The molecule has 1 saturated heterocycles. The van der Waals surface area contributed by atoms with Gasteiger partial charge in [0, 0.05) is 24.0 Å². The van der Waals surface area contributed by atoms with E-state index in [0.717, 1.165) is 10.9 Å². The monoisotopic (exact) mass is 450 g/mol. The molecule has 4 rings (SSSR count). The van der Waals surface area contributed by atoms with Crippen molar-refractivity contribution < 1.29 is 27.4 Å². The van der Waals surface area contributed by atoms with Crippen LogP contribution in [-0.2, 0) is 27.1 Å². The number of hydrogen-bond acceptors (Lipinski definition) is 3. The fourth-order valence-corrected chi connectivity index (χ4v) is 3.90. The zero-order valence-electron chi connectivity index (χ0n) is 17.0. The SMILES string of the molecule is COCC1COC(c2ccc3c(F)c(CCc4cc(F)c(Cl)c(F)c4)ccc3c2)OC1. The Morgan fingerprint density at radius 1 is 0.968 bits per heavy atom. The molecule has 0 N–H and O–H groups in total. The number of rotatable bonds is 6. The largest absolute Gasteiger partial charge is 0.384 e. The first-order chi connectivity index (χ1) is 15.0. The minimum atomic E-state index is -0.816. The molecule has 3 nitrogen and oxygen atoms in total. The van der Waals surface area contributed by atoms with Crippen molar-refractivity contribution in [3.63, 3.8) is 0 Å². The quantitative estimate of drug-likeness (QED) is 0.431. The number of aryl methyl sites for hydroxylation is 2. The number of fused-ring (bicyclic) bond motifs is 1. The maximum Gasteiger partial charge on any atom is 0.183 e. The Hall–Kier alpha value is -2.12. The van der Waals surface area contributed by atoms with Crippen molar-refractivity contribution in [2.45, 2.75) is 19.1 Å². The summed E-state index contributed by atoms with van der Waals surface area (Å²) in [6.45, 7) is 1.65. The average molecular weight is 451 g/mol. The first-order valence-electron chi connectivity index (χ1n) is 10.0. The summed E-state index contributed by atoms with van der Waals surface area (Å²) in [6.07, 6.45) is 0.104. The van der Waals surface area contributed by atoms with Gasteiger partial charge in [0.1, 0.15) is 22.5 Å². The Morgan fingerprint density at radius 3 is 2.35 bits per heavy atom. The highest BCUT2D eigenvalue weighted by Crippen LogP contribution is 2.30. The molecule has 0 aliphatic carbocycles. The lowest BCUT2D eigenvalue weighted by atomic mass is 9.98. The molecular weight excluding hydrogens is 429 g/mol. The van der Waals surface area contributed by atoms with Gasteiger partial charge in [-0.25, -0.2) is 13.2 Å². The third-order valence-corrected chi connectivity index (χ3v) is 5.79. The normalized spacial score (nSPS) is 19.1. The van der Waals surface area contributed by atoms with E-state index in [2.05, 4.69) is 0 Å². The molecule has 1 aliphatic rings. The predicted molar refractivity (Wildman–Crippen MR) is 113 cm³/mol. The summed E-state index contributed by atoms with van der Waals surface area (Å²) in [6, 6.07) is 11.2. The zero-order chi connectivity index (χ0) is 22.0. The molecule has 0 spiro atoms. The van der Waals surface area contributed by atoms with Crippen LogP contribution in [0.1, 0.15) is 23.0 Å². The Bertz CT molecular complexity index is 1060. The van der Waals surface area contributed by atoms with E-state index in [-0.39, 0.29) is 18.2 Å². The molecular formula is C24H22ClF3O3. The summed E-state index contributed by atoms with van der Waals surface area (Å²) < 4.78 is 59.0. The van der Waals surface area contributed by atoms with Crippen molar-refractivity contribution in [1.29, 1.82) is 0 Å². The van der Waals surface area contributed by atoms with Crippen LogP contribution in [-0.4, -0.2) is 26.9 Å². The second-order valence-corrected chi connectivity index (χ2v) is 8.09. The highest BCUT2D eigenvalue weighted by Gasteiger charge is 2.24. The van der Waals surface area contributed by atoms with Crippen molar-refractivity contribution in [3.8, 4) is 0 Å². The van der Waals surface area contributed by atoms with Crippen molar-refractivity contribution in [2.24, 2.45) is 5.92 Å². The smallest absolute Gasteiger partial charge is 0.183 e. The summed E-state index contributed by atoms with van der Waals surface area (Å²) in [5.74, 6) is -1.78. The third kappa shape index (κ3) is 4.88. The summed E-state index contributed by atoms with van der Waals surface area (Å²) >= 11 is 5.51. The van der Waals surface area contributed by atoms with E-state index in [1.54, 1.807) is 25.3 Å². The number of ether oxygens (including phenoxy) is 3. The molecule has 0 amide bonds. The van der Waals surface area contributed by atoms with E-state index in [0.29, 0.717) is 42.8 Å². The fraction of sp³-hybridized carbons (Fsp3) is 0.333. The van der Waals surface area contributed by atoms with Crippen LogP contribution in [0.25, 0.3) is 10.8 Å². The third-order valence-electron chi connectivity index (χ3n) is 5.43. The van der Waals surface area contributed by atoms with Crippen LogP contribution in [0.2, 0.25) is 5.02 Å². The van der Waals surface area contributed by atoms with Crippen LogP contribution in [0.4, 0.5) is 13.2 Å². The maximum absolute atomic E-state index is 15.1. The molecule has 0 saturated carbocycles. The molecule has 1 fully saturated rings. The van der Waals surface area contributed by atoms with Crippen molar-refractivity contribution in [2.75, 3.05) is 26.9 Å². The van der Waals surface area contributed by atoms with Crippen LogP contribution in [0, 0.1) is 23.4 Å². The highest BCUT2D eigenvalue weighted by atomic mass is 35.5. The lowest BCUT2D eigenvalue weighted by molar-refractivity contribution is -0.210. The van der Waals surface area contributed by atoms with Crippen molar-refractivity contribution in [3.05, 3.63) is 81.6 Å². The molecule has 31 heavy (non-hydrogen) atoms. The van der Waals surface area contributed by atoms with Gasteiger partial charge in [-0.3, -0.25) is 0 Å². The lowest BCUT2D eigenvalue weighted by Gasteiger charge is -2.29. The minimum Gasteiger partial charge on any atom is -0.384 e. The second-order valence-electron chi connectivity index (χ2n) is 7.71. The Morgan fingerprint density at radius 2 is 1.68 bits per heavy atom. The van der Waals surface area contributed by atoms with Gasteiger partial charge in [0.2, 0.25) is 0 Å². The highest BCUT2D eigenvalue weighted by molar-refractivity contribution is 6.30. The Labute approximate surface area is 183 Å². The van der Waals surface area contributed by atoms with Gasteiger partial charge in [-0.1, -0.05) is 35.9 Å². The topological polar surface area (TPSA) is 27.7 Å².